The molecule has 3 N–H and O–H groups in total. The standard InChI is InChI=1S/C7H9F2IO4/c8-6(9)1-3(10)5(12)2(4(1)11)7(13)14/h1-6,11-12H,(H,13,14)/t1?,2-,3-,4+,5-/m0/s1. The third-order valence-corrected chi connectivity index (χ3v) is 3.97. The lowest BCUT2D eigenvalue weighted by Crippen LogP contribution is -2.33. The molecule has 0 radical (unpaired) electrons. The van der Waals surface area contributed by atoms with Crippen molar-refractivity contribution in [1.29, 1.82) is 0 Å². The maximum absolute atomic E-state index is 12.4. The van der Waals surface area contributed by atoms with E-state index >= 15 is 0 Å². The van der Waals surface area contributed by atoms with Gasteiger partial charge in [-0.25, -0.2) is 8.78 Å². The van der Waals surface area contributed by atoms with Gasteiger partial charge in [0.15, 0.2) is 0 Å². The van der Waals surface area contributed by atoms with Gasteiger partial charge >= 0.3 is 5.97 Å². The van der Waals surface area contributed by atoms with Crippen LogP contribution < -0.4 is 0 Å². The molecule has 4 nitrogen and oxygen atoms in total. The van der Waals surface area contributed by atoms with E-state index in [0.717, 1.165) is 0 Å². The number of alkyl halides is 3. The molecule has 14 heavy (non-hydrogen) atoms. The van der Waals surface area contributed by atoms with Crippen molar-refractivity contribution in [2.45, 2.75) is 22.6 Å². The highest BCUT2D eigenvalue weighted by molar-refractivity contribution is 14.1. The van der Waals surface area contributed by atoms with Crippen LogP contribution in [-0.4, -0.2) is 43.8 Å². The van der Waals surface area contributed by atoms with Crippen LogP contribution in [0, 0.1) is 11.8 Å². The van der Waals surface area contributed by atoms with E-state index in [9.17, 15) is 23.8 Å². The molecule has 0 amide bonds. The Hall–Kier alpha value is -0.0200. The molecule has 0 saturated heterocycles. The van der Waals surface area contributed by atoms with E-state index < -0.39 is 40.4 Å². The van der Waals surface area contributed by atoms with E-state index in [0.29, 0.717) is 0 Å². The fraction of sp³-hybridized carbons (Fsp3) is 0.857. The number of halogens is 3. The fourth-order valence-electron chi connectivity index (χ4n) is 1.64. The first-order valence-corrected chi connectivity index (χ1v) is 5.13. The minimum Gasteiger partial charge on any atom is -0.481 e. The summed E-state index contributed by atoms with van der Waals surface area (Å²) < 4.78 is 23.8. The number of aliphatic hydroxyl groups excluding tert-OH is 2. The second-order valence-electron chi connectivity index (χ2n) is 3.20. The first-order chi connectivity index (χ1) is 6.37. The lowest BCUT2D eigenvalue weighted by Gasteiger charge is -2.16. The van der Waals surface area contributed by atoms with Gasteiger partial charge in [0.2, 0.25) is 6.43 Å². The summed E-state index contributed by atoms with van der Waals surface area (Å²) in [7, 11) is 0. The molecule has 5 atom stereocenters. The highest BCUT2D eigenvalue weighted by Crippen LogP contribution is 2.40. The molecule has 0 aromatic rings. The molecule has 0 spiro atoms. The molecule has 1 aliphatic carbocycles. The topological polar surface area (TPSA) is 77.8 Å². The van der Waals surface area contributed by atoms with Gasteiger partial charge in [-0.3, -0.25) is 4.79 Å². The monoisotopic (exact) mass is 322 g/mol. The van der Waals surface area contributed by atoms with Crippen LogP contribution in [0.3, 0.4) is 0 Å². The highest BCUT2D eigenvalue weighted by Gasteiger charge is 2.55. The third-order valence-electron chi connectivity index (χ3n) is 2.40. The Morgan fingerprint density at radius 3 is 2.00 bits per heavy atom. The Labute approximate surface area is 92.1 Å². The summed E-state index contributed by atoms with van der Waals surface area (Å²) in [6.07, 6.45) is -5.95. The van der Waals surface area contributed by atoms with Gasteiger partial charge < -0.3 is 15.3 Å². The van der Waals surface area contributed by atoms with Gasteiger partial charge in [0, 0.05) is 3.92 Å². The summed E-state index contributed by atoms with van der Waals surface area (Å²) in [5.41, 5.74) is 0. The number of carboxylic acid groups (broad SMARTS) is 1. The van der Waals surface area contributed by atoms with Gasteiger partial charge in [0.05, 0.1) is 18.1 Å². The first-order valence-electron chi connectivity index (χ1n) is 3.89. The van der Waals surface area contributed by atoms with Crippen LogP contribution in [-0.2, 0) is 4.79 Å². The molecule has 0 heterocycles. The van der Waals surface area contributed by atoms with Crippen molar-refractivity contribution in [1.82, 2.24) is 0 Å². The van der Waals surface area contributed by atoms with Crippen molar-refractivity contribution >= 4 is 28.6 Å². The van der Waals surface area contributed by atoms with Gasteiger partial charge in [-0.2, -0.15) is 0 Å². The lowest BCUT2D eigenvalue weighted by molar-refractivity contribution is -0.149. The second kappa shape index (κ2) is 4.23. The Morgan fingerprint density at radius 2 is 1.79 bits per heavy atom. The Kier molecular flexibility index (Phi) is 3.64. The normalized spacial score (nSPS) is 43.1. The second-order valence-corrected chi connectivity index (χ2v) is 4.64. The minimum atomic E-state index is -2.83. The van der Waals surface area contributed by atoms with Crippen molar-refractivity contribution in [3.8, 4) is 0 Å². The van der Waals surface area contributed by atoms with E-state index in [4.69, 9.17) is 5.11 Å². The number of aliphatic hydroxyl groups is 2. The van der Waals surface area contributed by atoms with E-state index in [1.54, 1.807) is 22.6 Å². The van der Waals surface area contributed by atoms with Crippen LogP contribution in [0.1, 0.15) is 0 Å². The highest BCUT2D eigenvalue weighted by atomic mass is 127. The largest absolute Gasteiger partial charge is 0.481 e. The number of hydrogen-bond acceptors (Lipinski definition) is 3. The predicted octanol–water partition coefficient (Wildman–Crippen LogP) is 0.108. The minimum absolute atomic E-state index is 0.941. The average molecular weight is 322 g/mol. The summed E-state index contributed by atoms with van der Waals surface area (Å²) in [5.74, 6) is -4.45. The quantitative estimate of drug-likeness (QED) is 0.498. The van der Waals surface area contributed by atoms with Crippen molar-refractivity contribution in [3.05, 3.63) is 0 Å². The molecular weight excluding hydrogens is 313 g/mol. The van der Waals surface area contributed by atoms with E-state index in [2.05, 4.69) is 0 Å². The van der Waals surface area contributed by atoms with Gasteiger partial charge in [0.1, 0.15) is 5.92 Å². The maximum Gasteiger partial charge on any atom is 0.311 e. The molecule has 1 unspecified atom stereocenters. The van der Waals surface area contributed by atoms with Crippen LogP contribution in [0.4, 0.5) is 8.78 Å². The Bertz CT molecular complexity index is 238. The number of aliphatic carboxylic acids is 1. The van der Waals surface area contributed by atoms with E-state index in [1.807, 2.05) is 0 Å². The summed E-state index contributed by atoms with van der Waals surface area (Å²) in [5, 5.41) is 27.2. The summed E-state index contributed by atoms with van der Waals surface area (Å²) >= 11 is 1.55. The smallest absolute Gasteiger partial charge is 0.311 e. The molecule has 1 fully saturated rings. The molecule has 1 rings (SSSR count). The Morgan fingerprint density at radius 1 is 1.29 bits per heavy atom. The molecule has 1 saturated carbocycles. The first kappa shape index (κ1) is 12.1. The van der Waals surface area contributed by atoms with Gasteiger partial charge in [-0.1, -0.05) is 22.6 Å². The molecule has 0 aliphatic heterocycles. The fourth-order valence-corrected chi connectivity index (χ4v) is 2.82. The van der Waals surface area contributed by atoms with Crippen molar-refractivity contribution in [3.63, 3.8) is 0 Å². The predicted molar refractivity (Wildman–Crippen MR) is 50.4 cm³/mol. The number of carboxylic acids is 1. The van der Waals surface area contributed by atoms with Gasteiger partial charge in [-0.15, -0.1) is 0 Å². The van der Waals surface area contributed by atoms with Crippen molar-refractivity contribution in [2.24, 2.45) is 11.8 Å². The lowest BCUT2D eigenvalue weighted by atomic mass is 10.0. The number of carbonyl (C=O) groups is 1. The van der Waals surface area contributed by atoms with Gasteiger partial charge in [-0.05, 0) is 0 Å². The zero-order valence-corrected chi connectivity index (χ0v) is 9.01. The SMILES string of the molecule is O=C(O)[C@@H]1[C@H](O)[C@@H](I)C(C(F)F)[C@H]1O. The van der Waals surface area contributed by atoms with Crippen LogP contribution in [0.25, 0.3) is 0 Å². The number of hydrogen-bond donors (Lipinski definition) is 3. The van der Waals surface area contributed by atoms with Crippen molar-refractivity contribution in [2.75, 3.05) is 0 Å². The molecule has 0 bridgehead atoms. The zero-order valence-electron chi connectivity index (χ0n) is 6.85. The van der Waals surface area contributed by atoms with E-state index in [-0.39, 0.29) is 0 Å². The average Bonchev–Trinajstić information content (AvgIpc) is 2.23. The van der Waals surface area contributed by atoms with Crippen LogP contribution in [0.2, 0.25) is 0 Å². The van der Waals surface area contributed by atoms with Crippen molar-refractivity contribution < 1.29 is 28.9 Å². The summed E-state index contributed by atoms with van der Waals surface area (Å²) in [6, 6.07) is 0. The number of rotatable bonds is 2. The molecule has 0 aromatic heterocycles. The summed E-state index contributed by atoms with van der Waals surface area (Å²) in [6.45, 7) is 0. The third kappa shape index (κ3) is 1.84. The molecule has 82 valence electrons. The van der Waals surface area contributed by atoms with Gasteiger partial charge in [0.25, 0.3) is 0 Å². The molecule has 7 heteroatoms. The maximum atomic E-state index is 12.4. The molecule has 1 aliphatic rings. The van der Waals surface area contributed by atoms with Crippen LogP contribution >= 0.6 is 22.6 Å². The molecule has 0 aromatic carbocycles. The Balaban J connectivity index is 2.90. The summed E-state index contributed by atoms with van der Waals surface area (Å²) in [4.78, 5) is 10.6. The van der Waals surface area contributed by atoms with Crippen LogP contribution in [0.5, 0.6) is 0 Å². The molecular formula is C7H9F2IO4. The van der Waals surface area contributed by atoms with Crippen LogP contribution in [0.15, 0.2) is 0 Å². The van der Waals surface area contributed by atoms with E-state index in [1.165, 1.54) is 0 Å². The zero-order chi connectivity index (χ0) is 11.0.